The molecule has 4 rings (SSSR count). The molecule has 6 heteroatoms. The van der Waals surface area contributed by atoms with E-state index in [0.29, 0.717) is 32.7 Å². The van der Waals surface area contributed by atoms with Crippen LogP contribution in [0, 0.1) is 0 Å². The molecule has 0 spiro atoms. The molecule has 2 aromatic rings. The Kier molecular flexibility index (Phi) is 4.99. The van der Waals surface area contributed by atoms with Gasteiger partial charge >= 0.3 is 0 Å². The van der Waals surface area contributed by atoms with E-state index in [2.05, 4.69) is 12.1 Å². The first-order chi connectivity index (χ1) is 13.1. The van der Waals surface area contributed by atoms with Crippen LogP contribution in [0.25, 0.3) is 10.8 Å². The van der Waals surface area contributed by atoms with Gasteiger partial charge in [-0.1, -0.05) is 18.2 Å². The third-order valence-corrected chi connectivity index (χ3v) is 5.36. The van der Waals surface area contributed by atoms with Crippen molar-refractivity contribution < 1.29 is 19.1 Å². The molecule has 27 heavy (non-hydrogen) atoms. The van der Waals surface area contributed by atoms with Crippen LogP contribution in [0.1, 0.15) is 24.5 Å². The highest BCUT2D eigenvalue weighted by atomic mass is 16.5. The lowest BCUT2D eigenvalue weighted by molar-refractivity contribution is -0.143. The second-order valence-electron chi connectivity index (χ2n) is 7.09. The topological polar surface area (TPSA) is 59.1 Å². The SMILES string of the molecule is COc1ccc2cc(C3CN(C(=O)CN4CCCC4=O)CCO3)ccc2c1. The Bertz CT molecular complexity index is 866. The van der Waals surface area contributed by atoms with Crippen LogP contribution in [-0.2, 0) is 14.3 Å². The van der Waals surface area contributed by atoms with Gasteiger partial charge in [0.2, 0.25) is 11.8 Å². The fourth-order valence-corrected chi connectivity index (χ4v) is 3.78. The number of hydrogen-bond donors (Lipinski definition) is 0. The lowest BCUT2D eigenvalue weighted by atomic mass is 10.0. The van der Waals surface area contributed by atoms with Crippen molar-refractivity contribution in [1.82, 2.24) is 9.80 Å². The van der Waals surface area contributed by atoms with Gasteiger partial charge in [-0.2, -0.15) is 0 Å². The Morgan fingerprint density at radius 3 is 2.78 bits per heavy atom. The summed E-state index contributed by atoms with van der Waals surface area (Å²) < 4.78 is 11.2. The zero-order valence-corrected chi connectivity index (χ0v) is 15.5. The van der Waals surface area contributed by atoms with Crippen molar-refractivity contribution in [2.75, 3.05) is 39.9 Å². The van der Waals surface area contributed by atoms with Crippen molar-refractivity contribution in [3.63, 3.8) is 0 Å². The smallest absolute Gasteiger partial charge is 0.242 e. The molecule has 2 aliphatic heterocycles. The van der Waals surface area contributed by atoms with Gasteiger partial charge in [-0.25, -0.2) is 0 Å². The van der Waals surface area contributed by atoms with Gasteiger partial charge < -0.3 is 19.3 Å². The number of benzene rings is 2. The second kappa shape index (κ2) is 7.56. The number of amides is 2. The first-order valence-electron chi connectivity index (χ1n) is 9.39. The second-order valence-corrected chi connectivity index (χ2v) is 7.09. The van der Waals surface area contributed by atoms with Gasteiger partial charge in [-0.15, -0.1) is 0 Å². The summed E-state index contributed by atoms with van der Waals surface area (Å²) in [5.41, 5.74) is 1.06. The molecule has 0 bridgehead atoms. The zero-order chi connectivity index (χ0) is 18.8. The van der Waals surface area contributed by atoms with Gasteiger partial charge in [0.15, 0.2) is 0 Å². The number of morpholine rings is 1. The molecule has 0 N–H and O–H groups in total. The number of methoxy groups -OCH3 is 1. The first kappa shape index (κ1) is 17.8. The zero-order valence-electron chi connectivity index (χ0n) is 15.5. The Hall–Kier alpha value is -2.60. The fourth-order valence-electron chi connectivity index (χ4n) is 3.78. The minimum Gasteiger partial charge on any atom is -0.497 e. The minimum absolute atomic E-state index is 0.00377. The highest BCUT2D eigenvalue weighted by Crippen LogP contribution is 2.28. The Morgan fingerprint density at radius 1 is 1.19 bits per heavy atom. The largest absolute Gasteiger partial charge is 0.497 e. The van der Waals surface area contributed by atoms with Crippen LogP contribution in [0.3, 0.4) is 0 Å². The molecule has 0 aliphatic carbocycles. The van der Waals surface area contributed by atoms with E-state index in [9.17, 15) is 9.59 Å². The van der Waals surface area contributed by atoms with E-state index in [0.717, 1.165) is 28.5 Å². The van der Waals surface area contributed by atoms with Crippen molar-refractivity contribution in [1.29, 1.82) is 0 Å². The monoisotopic (exact) mass is 368 g/mol. The van der Waals surface area contributed by atoms with Crippen LogP contribution in [0.15, 0.2) is 36.4 Å². The van der Waals surface area contributed by atoms with E-state index in [1.165, 1.54) is 0 Å². The predicted octanol–water partition coefficient (Wildman–Crippen LogP) is 2.37. The number of carbonyl (C=O) groups excluding carboxylic acids is 2. The van der Waals surface area contributed by atoms with Gasteiger partial charge in [0, 0.05) is 19.5 Å². The normalized spacial score (nSPS) is 20.3. The van der Waals surface area contributed by atoms with E-state index in [1.807, 2.05) is 29.2 Å². The van der Waals surface area contributed by atoms with E-state index in [-0.39, 0.29) is 24.5 Å². The Labute approximate surface area is 158 Å². The summed E-state index contributed by atoms with van der Waals surface area (Å²) in [5.74, 6) is 0.916. The number of likely N-dealkylation sites (tertiary alicyclic amines) is 1. The van der Waals surface area contributed by atoms with Crippen LogP contribution < -0.4 is 4.74 Å². The van der Waals surface area contributed by atoms with E-state index < -0.39 is 0 Å². The summed E-state index contributed by atoms with van der Waals surface area (Å²) in [4.78, 5) is 27.9. The maximum Gasteiger partial charge on any atom is 0.242 e. The summed E-state index contributed by atoms with van der Waals surface area (Å²) in [6.45, 7) is 2.46. The van der Waals surface area contributed by atoms with Crippen LogP contribution >= 0.6 is 0 Å². The summed E-state index contributed by atoms with van der Waals surface area (Å²) in [7, 11) is 1.66. The van der Waals surface area contributed by atoms with Gasteiger partial charge in [0.25, 0.3) is 0 Å². The van der Waals surface area contributed by atoms with Crippen molar-refractivity contribution >= 4 is 22.6 Å². The van der Waals surface area contributed by atoms with Crippen molar-refractivity contribution in [3.05, 3.63) is 42.0 Å². The summed E-state index contributed by atoms with van der Waals surface area (Å²) >= 11 is 0. The lowest BCUT2D eigenvalue weighted by Gasteiger charge is -2.34. The molecule has 2 aromatic carbocycles. The number of ether oxygens (including phenoxy) is 2. The Balaban J connectivity index is 1.46. The third kappa shape index (κ3) is 3.76. The van der Waals surface area contributed by atoms with E-state index >= 15 is 0 Å². The maximum absolute atomic E-state index is 12.6. The average Bonchev–Trinajstić information content (AvgIpc) is 3.11. The molecule has 1 unspecified atom stereocenters. The van der Waals surface area contributed by atoms with E-state index in [4.69, 9.17) is 9.47 Å². The quantitative estimate of drug-likeness (QED) is 0.831. The minimum atomic E-state index is -0.150. The number of carbonyl (C=O) groups is 2. The molecule has 2 saturated heterocycles. The fraction of sp³-hybridized carbons (Fsp3) is 0.429. The summed E-state index contributed by atoms with van der Waals surface area (Å²) in [5, 5.41) is 2.22. The molecular formula is C21H24N2O4. The van der Waals surface area contributed by atoms with E-state index in [1.54, 1.807) is 12.0 Å². The van der Waals surface area contributed by atoms with Crippen molar-refractivity contribution in [2.45, 2.75) is 18.9 Å². The van der Waals surface area contributed by atoms with Gasteiger partial charge in [0.05, 0.1) is 26.8 Å². The number of hydrogen-bond acceptors (Lipinski definition) is 4. The molecule has 0 saturated carbocycles. The van der Waals surface area contributed by atoms with Crippen molar-refractivity contribution in [3.8, 4) is 5.75 Å². The van der Waals surface area contributed by atoms with Crippen LogP contribution in [0.5, 0.6) is 5.75 Å². The average molecular weight is 368 g/mol. The Morgan fingerprint density at radius 2 is 2.00 bits per heavy atom. The van der Waals surface area contributed by atoms with Crippen LogP contribution in [-0.4, -0.2) is 61.5 Å². The van der Waals surface area contributed by atoms with Gasteiger partial charge in [-0.3, -0.25) is 9.59 Å². The molecule has 6 nitrogen and oxygen atoms in total. The molecular weight excluding hydrogens is 344 g/mol. The number of fused-ring (bicyclic) bond motifs is 1. The summed E-state index contributed by atoms with van der Waals surface area (Å²) in [6.07, 6.45) is 1.25. The molecule has 0 radical (unpaired) electrons. The standard InChI is InChI=1S/C21H24N2O4/c1-26-18-7-6-15-11-17(5-4-16(15)12-18)19-13-23(9-10-27-19)21(25)14-22-8-2-3-20(22)24/h4-7,11-12,19H,2-3,8-10,13-14H2,1H3. The van der Waals surface area contributed by atoms with Gasteiger partial charge in [0.1, 0.15) is 11.9 Å². The molecule has 2 aliphatic rings. The highest BCUT2D eigenvalue weighted by Gasteiger charge is 2.29. The van der Waals surface area contributed by atoms with Crippen LogP contribution in [0.2, 0.25) is 0 Å². The molecule has 2 amide bonds. The maximum atomic E-state index is 12.6. The lowest BCUT2D eigenvalue weighted by Crippen LogP contribution is -2.46. The molecule has 142 valence electrons. The van der Waals surface area contributed by atoms with Crippen LogP contribution in [0.4, 0.5) is 0 Å². The molecule has 1 atom stereocenters. The third-order valence-electron chi connectivity index (χ3n) is 5.36. The molecule has 2 fully saturated rings. The van der Waals surface area contributed by atoms with Crippen molar-refractivity contribution in [2.24, 2.45) is 0 Å². The number of nitrogens with zero attached hydrogens (tertiary/aromatic N) is 2. The highest BCUT2D eigenvalue weighted by molar-refractivity contribution is 5.86. The molecule has 2 heterocycles. The van der Waals surface area contributed by atoms with Gasteiger partial charge in [-0.05, 0) is 41.0 Å². The molecule has 0 aromatic heterocycles. The first-order valence-corrected chi connectivity index (χ1v) is 9.39. The summed E-state index contributed by atoms with van der Waals surface area (Å²) in [6, 6.07) is 12.2. The number of rotatable bonds is 4. The predicted molar refractivity (Wildman–Crippen MR) is 102 cm³/mol.